The van der Waals surface area contributed by atoms with Gasteiger partial charge in [-0.05, 0) is 17.7 Å². The maximum atomic E-state index is 12.1. The lowest BCUT2D eigenvalue weighted by molar-refractivity contribution is -0.117. The minimum absolute atomic E-state index is 0.291. The number of ether oxygens (including phenoxy) is 1. The molecule has 0 fully saturated rings. The molecule has 0 aromatic heterocycles. The number of hydrogen-bond donors (Lipinski definition) is 2. The lowest BCUT2D eigenvalue weighted by Gasteiger charge is -2.13. The van der Waals surface area contributed by atoms with Crippen LogP contribution in [0.25, 0.3) is 0 Å². The number of halogens is 1. The molecule has 1 amide bonds. The quantitative estimate of drug-likeness (QED) is 0.910. The SMILES string of the molecule is COc1cc(NC(=O)[C@H](N)c2ccccc2)ccc1Cl. The second-order valence-corrected chi connectivity index (χ2v) is 4.63. The van der Waals surface area contributed by atoms with Crippen molar-refractivity contribution in [3.05, 3.63) is 59.1 Å². The summed E-state index contributed by atoms with van der Waals surface area (Å²) in [5.74, 6) is 0.207. The molecular weight excluding hydrogens is 276 g/mol. The smallest absolute Gasteiger partial charge is 0.245 e. The molecule has 0 unspecified atom stereocenters. The number of rotatable bonds is 4. The van der Waals surface area contributed by atoms with Crippen LogP contribution in [0.5, 0.6) is 5.75 Å². The van der Waals surface area contributed by atoms with Gasteiger partial charge < -0.3 is 15.8 Å². The van der Waals surface area contributed by atoms with Crippen molar-refractivity contribution in [3.8, 4) is 5.75 Å². The minimum atomic E-state index is -0.724. The van der Waals surface area contributed by atoms with Crippen LogP contribution in [0.4, 0.5) is 5.69 Å². The number of methoxy groups -OCH3 is 1. The van der Waals surface area contributed by atoms with Crippen molar-refractivity contribution in [2.24, 2.45) is 5.73 Å². The predicted molar refractivity (Wildman–Crippen MR) is 80.0 cm³/mol. The first-order chi connectivity index (χ1) is 9.61. The van der Waals surface area contributed by atoms with Crippen molar-refractivity contribution in [1.29, 1.82) is 0 Å². The summed E-state index contributed by atoms with van der Waals surface area (Å²) in [6.45, 7) is 0. The number of nitrogens with two attached hydrogens (primary N) is 1. The van der Waals surface area contributed by atoms with Gasteiger partial charge in [0, 0.05) is 11.8 Å². The number of amides is 1. The third-order valence-corrected chi connectivity index (χ3v) is 3.17. The molecule has 2 aromatic carbocycles. The molecule has 0 saturated carbocycles. The molecular formula is C15H15ClN2O2. The van der Waals surface area contributed by atoms with Crippen LogP contribution in [0.3, 0.4) is 0 Å². The second kappa shape index (κ2) is 6.41. The molecule has 0 spiro atoms. The molecule has 0 aliphatic carbocycles. The number of hydrogen-bond acceptors (Lipinski definition) is 3. The predicted octanol–water partition coefficient (Wildman–Crippen LogP) is 2.99. The average molecular weight is 291 g/mol. The van der Waals surface area contributed by atoms with Gasteiger partial charge in [0.05, 0.1) is 12.1 Å². The van der Waals surface area contributed by atoms with E-state index < -0.39 is 6.04 Å². The van der Waals surface area contributed by atoms with E-state index in [1.807, 2.05) is 30.3 Å². The van der Waals surface area contributed by atoms with Crippen LogP contribution in [0.1, 0.15) is 11.6 Å². The first-order valence-electron chi connectivity index (χ1n) is 6.06. The van der Waals surface area contributed by atoms with Gasteiger partial charge in [0.2, 0.25) is 5.91 Å². The summed E-state index contributed by atoms with van der Waals surface area (Å²) in [5.41, 5.74) is 7.26. The van der Waals surface area contributed by atoms with Gasteiger partial charge in [0.25, 0.3) is 0 Å². The van der Waals surface area contributed by atoms with Crippen LogP contribution in [0.2, 0.25) is 5.02 Å². The van der Waals surface area contributed by atoms with Gasteiger partial charge in [-0.15, -0.1) is 0 Å². The van der Waals surface area contributed by atoms with E-state index in [-0.39, 0.29) is 5.91 Å². The van der Waals surface area contributed by atoms with E-state index in [2.05, 4.69) is 5.32 Å². The maximum absolute atomic E-state index is 12.1. The van der Waals surface area contributed by atoms with Crippen LogP contribution in [0, 0.1) is 0 Å². The van der Waals surface area contributed by atoms with Gasteiger partial charge >= 0.3 is 0 Å². The average Bonchev–Trinajstić information content (AvgIpc) is 2.49. The maximum Gasteiger partial charge on any atom is 0.245 e. The minimum Gasteiger partial charge on any atom is -0.495 e. The molecule has 0 saturated heterocycles. The summed E-state index contributed by atoms with van der Waals surface area (Å²) < 4.78 is 5.10. The summed E-state index contributed by atoms with van der Waals surface area (Å²) in [6, 6.07) is 13.5. The Labute approximate surface area is 122 Å². The van der Waals surface area contributed by atoms with E-state index in [1.165, 1.54) is 7.11 Å². The van der Waals surface area contributed by atoms with Gasteiger partial charge in [-0.1, -0.05) is 41.9 Å². The van der Waals surface area contributed by atoms with Gasteiger partial charge in [-0.2, -0.15) is 0 Å². The Morgan fingerprint density at radius 1 is 1.25 bits per heavy atom. The number of benzene rings is 2. The monoisotopic (exact) mass is 290 g/mol. The van der Waals surface area contributed by atoms with E-state index in [0.29, 0.717) is 16.5 Å². The molecule has 1 atom stereocenters. The van der Waals surface area contributed by atoms with E-state index in [4.69, 9.17) is 22.1 Å². The fourth-order valence-corrected chi connectivity index (χ4v) is 1.96. The molecule has 2 aromatic rings. The van der Waals surface area contributed by atoms with Crippen LogP contribution < -0.4 is 15.8 Å². The van der Waals surface area contributed by atoms with Crippen molar-refractivity contribution in [2.75, 3.05) is 12.4 Å². The zero-order valence-corrected chi connectivity index (χ0v) is 11.7. The fourth-order valence-electron chi connectivity index (χ4n) is 1.77. The van der Waals surface area contributed by atoms with Crippen LogP contribution in [-0.4, -0.2) is 13.0 Å². The Morgan fingerprint density at radius 2 is 1.95 bits per heavy atom. The van der Waals surface area contributed by atoms with Crippen LogP contribution in [0.15, 0.2) is 48.5 Å². The summed E-state index contributed by atoms with van der Waals surface area (Å²) in [5, 5.41) is 3.22. The molecule has 2 rings (SSSR count). The number of anilines is 1. The Bertz CT molecular complexity index is 602. The van der Waals surface area contributed by atoms with Crippen molar-refractivity contribution in [1.82, 2.24) is 0 Å². The molecule has 0 aliphatic heterocycles. The molecule has 0 heterocycles. The van der Waals surface area contributed by atoms with E-state index >= 15 is 0 Å². The summed E-state index contributed by atoms with van der Waals surface area (Å²) in [6.07, 6.45) is 0. The topological polar surface area (TPSA) is 64.3 Å². The molecule has 104 valence electrons. The van der Waals surface area contributed by atoms with Gasteiger partial charge in [-0.3, -0.25) is 4.79 Å². The first kappa shape index (κ1) is 14.4. The lowest BCUT2D eigenvalue weighted by atomic mass is 10.1. The van der Waals surface area contributed by atoms with Gasteiger partial charge in [0.1, 0.15) is 11.8 Å². The highest BCUT2D eigenvalue weighted by atomic mass is 35.5. The Kier molecular flexibility index (Phi) is 4.61. The number of carbonyl (C=O) groups is 1. The molecule has 5 heteroatoms. The van der Waals surface area contributed by atoms with E-state index in [0.717, 1.165) is 5.56 Å². The molecule has 4 nitrogen and oxygen atoms in total. The van der Waals surface area contributed by atoms with Crippen LogP contribution in [-0.2, 0) is 4.79 Å². The second-order valence-electron chi connectivity index (χ2n) is 4.23. The van der Waals surface area contributed by atoms with Crippen molar-refractivity contribution in [3.63, 3.8) is 0 Å². The highest BCUT2D eigenvalue weighted by Gasteiger charge is 2.16. The fraction of sp³-hybridized carbons (Fsp3) is 0.133. The summed E-state index contributed by atoms with van der Waals surface area (Å²) in [4.78, 5) is 12.1. The van der Waals surface area contributed by atoms with Crippen molar-refractivity contribution in [2.45, 2.75) is 6.04 Å². The molecule has 0 radical (unpaired) electrons. The summed E-state index contributed by atoms with van der Waals surface area (Å²) in [7, 11) is 1.52. The molecule has 20 heavy (non-hydrogen) atoms. The number of nitrogens with one attached hydrogen (secondary N) is 1. The third-order valence-electron chi connectivity index (χ3n) is 2.86. The van der Waals surface area contributed by atoms with E-state index in [1.54, 1.807) is 18.2 Å². The third kappa shape index (κ3) is 3.29. The van der Waals surface area contributed by atoms with Crippen molar-refractivity contribution < 1.29 is 9.53 Å². The molecule has 3 N–H and O–H groups in total. The lowest BCUT2D eigenvalue weighted by Crippen LogP contribution is -2.27. The van der Waals surface area contributed by atoms with Crippen LogP contribution >= 0.6 is 11.6 Å². The molecule has 0 bridgehead atoms. The molecule has 0 aliphatic rings. The first-order valence-corrected chi connectivity index (χ1v) is 6.44. The van der Waals surface area contributed by atoms with Gasteiger partial charge in [-0.25, -0.2) is 0 Å². The zero-order chi connectivity index (χ0) is 14.5. The standard InChI is InChI=1S/C15H15ClN2O2/c1-20-13-9-11(7-8-12(13)16)18-15(19)14(17)10-5-3-2-4-6-10/h2-9,14H,17H2,1H3,(H,18,19)/t14-/m1/s1. The zero-order valence-electron chi connectivity index (χ0n) is 11.0. The normalized spacial score (nSPS) is 11.8. The Morgan fingerprint density at radius 3 is 2.60 bits per heavy atom. The largest absolute Gasteiger partial charge is 0.495 e. The van der Waals surface area contributed by atoms with E-state index in [9.17, 15) is 4.79 Å². The Balaban J connectivity index is 2.12. The van der Waals surface area contributed by atoms with Gasteiger partial charge in [0.15, 0.2) is 0 Å². The highest BCUT2D eigenvalue weighted by molar-refractivity contribution is 6.32. The number of carbonyl (C=O) groups excluding carboxylic acids is 1. The highest BCUT2D eigenvalue weighted by Crippen LogP contribution is 2.27. The van der Waals surface area contributed by atoms with Crippen molar-refractivity contribution >= 4 is 23.2 Å². The summed E-state index contributed by atoms with van der Waals surface area (Å²) >= 11 is 5.93. The Hall–Kier alpha value is -2.04.